The van der Waals surface area contributed by atoms with Crippen molar-refractivity contribution < 1.29 is 9.53 Å². The van der Waals surface area contributed by atoms with E-state index in [2.05, 4.69) is 15.9 Å². The Labute approximate surface area is 165 Å². The van der Waals surface area contributed by atoms with Crippen LogP contribution in [0.2, 0.25) is 0 Å². The minimum atomic E-state index is -0.0203. The zero-order valence-corrected chi connectivity index (χ0v) is 16.8. The van der Waals surface area contributed by atoms with E-state index >= 15 is 0 Å². The second kappa shape index (κ2) is 8.17. The summed E-state index contributed by atoms with van der Waals surface area (Å²) in [6.45, 7) is 3.04. The Balaban J connectivity index is 1.64. The fourth-order valence-electron chi connectivity index (χ4n) is 2.33. The van der Waals surface area contributed by atoms with Crippen molar-refractivity contribution in [1.29, 1.82) is 0 Å². The molecule has 128 valence electrons. The molecule has 0 spiro atoms. The van der Waals surface area contributed by atoms with Crippen LogP contribution in [0.25, 0.3) is 6.08 Å². The first-order valence-electron chi connectivity index (χ1n) is 7.79. The first-order chi connectivity index (χ1) is 12.1. The van der Waals surface area contributed by atoms with E-state index in [0.29, 0.717) is 22.4 Å². The second-order valence-corrected chi connectivity index (χ2v) is 8.00. The van der Waals surface area contributed by atoms with Crippen molar-refractivity contribution in [2.24, 2.45) is 0 Å². The second-order valence-electron chi connectivity index (χ2n) is 5.41. The molecule has 1 aliphatic heterocycles. The third-order valence-electron chi connectivity index (χ3n) is 3.69. The number of halogens is 1. The summed E-state index contributed by atoms with van der Waals surface area (Å²) in [5.74, 6) is 0.772. The fraction of sp³-hybridized carbons (Fsp3) is 0.158. The Hall–Kier alpha value is -1.63. The molecule has 1 amide bonds. The third-order valence-corrected chi connectivity index (χ3v) is 5.59. The standard InChI is InChI=1S/C19H16BrNO2S2/c1-2-21-18(22)17(25-19(21)24)11-13-5-9-16(10-6-13)23-12-14-3-7-15(20)8-4-14/h3-11H,2,12H2,1H3. The number of carbonyl (C=O) groups is 1. The van der Waals surface area contributed by atoms with Crippen LogP contribution in [0.1, 0.15) is 18.1 Å². The number of carbonyl (C=O) groups excluding carboxylic acids is 1. The number of thioether (sulfide) groups is 1. The van der Waals surface area contributed by atoms with Crippen LogP contribution in [0, 0.1) is 0 Å². The van der Waals surface area contributed by atoms with E-state index in [1.54, 1.807) is 4.90 Å². The average molecular weight is 434 g/mol. The third kappa shape index (κ3) is 4.51. The quantitative estimate of drug-likeness (QED) is 0.475. The number of hydrogen-bond acceptors (Lipinski definition) is 4. The predicted octanol–water partition coefficient (Wildman–Crippen LogP) is 5.25. The molecule has 0 radical (unpaired) electrons. The monoisotopic (exact) mass is 433 g/mol. The lowest BCUT2D eigenvalue weighted by atomic mass is 10.2. The molecule has 0 aliphatic carbocycles. The number of thiocarbonyl (C=S) groups is 1. The van der Waals surface area contributed by atoms with Crippen molar-refractivity contribution >= 4 is 56.2 Å². The van der Waals surface area contributed by atoms with Crippen molar-refractivity contribution in [2.75, 3.05) is 6.54 Å². The van der Waals surface area contributed by atoms with E-state index in [1.807, 2.05) is 61.5 Å². The summed E-state index contributed by atoms with van der Waals surface area (Å²) in [6, 6.07) is 15.7. The first-order valence-corrected chi connectivity index (χ1v) is 9.81. The molecular weight excluding hydrogens is 418 g/mol. The highest BCUT2D eigenvalue weighted by Gasteiger charge is 2.30. The lowest BCUT2D eigenvalue weighted by Gasteiger charge is -2.09. The molecule has 0 aromatic heterocycles. The van der Waals surface area contributed by atoms with Crippen molar-refractivity contribution in [3.63, 3.8) is 0 Å². The molecule has 2 aromatic rings. The summed E-state index contributed by atoms with van der Waals surface area (Å²) in [4.78, 5) is 14.5. The molecule has 6 heteroatoms. The smallest absolute Gasteiger partial charge is 0.266 e. The van der Waals surface area contributed by atoms with Gasteiger partial charge in [-0.25, -0.2) is 0 Å². The SMILES string of the molecule is CCN1C(=O)C(=Cc2ccc(OCc3ccc(Br)cc3)cc2)SC1=S. The Morgan fingerprint density at radius 1 is 1.16 bits per heavy atom. The van der Waals surface area contributed by atoms with Gasteiger partial charge in [-0.3, -0.25) is 9.69 Å². The number of nitrogens with zero attached hydrogens (tertiary/aromatic N) is 1. The molecule has 0 unspecified atom stereocenters. The van der Waals surface area contributed by atoms with Gasteiger partial charge in [-0.05, 0) is 48.4 Å². The minimum absolute atomic E-state index is 0.0203. The first kappa shape index (κ1) is 18.2. The van der Waals surface area contributed by atoms with E-state index in [1.165, 1.54) is 11.8 Å². The molecule has 3 nitrogen and oxygen atoms in total. The minimum Gasteiger partial charge on any atom is -0.489 e. The molecule has 1 saturated heterocycles. The van der Waals surface area contributed by atoms with Crippen molar-refractivity contribution in [3.05, 3.63) is 69.0 Å². The molecule has 3 rings (SSSR count). The summed E-state index contributed by atoms with van der Waals surface area (Å²) in [7, 11) is 0. The topological polar surface area (TPSA) is 29.5 Å². The maximum Gasteiger partial charge on any atom is 0.266 e. The molecule has 25 heavy (non-hydrogen) atoms. The van der Waals surface area contributed by atoms with Crippen LogP contribution in [0.5, 0.6) is 5.75 Å². The van der Waals surface area contributed by atoms with Crippen molar-refractivity contribution in [3.8, 4) is 5.75 Å². The highest BCUT2D eigenvalue weighted by molar-refractivity contribution is 9.10. The highest BCUT2D eigenvalue weighted by Crippen LogP contribution is 2.32. The number of ether oxygens (including phenoxy) is 1. The van der Waals surface area contributed by atoms with Crippen LogP contribution >= 0.6 is 39.9 Å². The Morgan fingerprint density at radius 2 is 1.84 bits per heavy atom. The van der Waals surface area contributed by atoms with E-state index in [-0.39, 0.29) is 5.91 Å². The number of rotatable bonds is 5. The van der Waals surface area contributed by atoms with Crippen LogP contribution in [0.15, 0.2) is 57.9 Å². The summed E-state index contributed by atoms with van der Waals surface area (Å²) >= 11 is 9.99. The lowest BCUT2D eigenvalue weighted by Crippen LogP contribution is -2.27. The summed E-state index contributed by atoms with van der Waals surface area (Å²) in [5, 5.41) is 0. The van der Waals surface area contributed by atoms with Gasteiger partial charge in [-0.2, -0.15) is 0 Å². The molecule has 1 aliphatic rings. The number of hydrogen-bond donors (Lipinski definition) is 0. The molecule has 1 fully saturated rings. The van der Waals surface area contributed by atoms with E-state index in [4.69, 9.17) is 17.0 Å². The molecule has 0 bridgehead atoms. The van der Waals surface area contributed by atoms with E-state index in [9.17, 15) is 4.79 Å². The average Bonchev–Trinajstić information content (AvgIpc) is 2.88. The van der Waals surface area contributed by atoms with Crippen LogP contribution in [-0.2, 0) is 11.4 Å². The van der Waals surface area contributed by atoms with Gasteiger partial charge in [0.05, 0.1) is 4.91 Å². The van der Waals surface area contributed by atoms with Gasteiger partial charge >= 0.3 is 0 Å². The van der Waals surface area contributed by atoms with Gasteiger partial charge in [0, 0.05) is 11.0 Å². The Kier molecular flexibility index (Phi) is 5.93. The Bertz CT molecular complexity index is 816. The van der Waals surface area contributed by atoms with Crippen molar-refractivity contribution in [2.45, 2.75) is 13.5 Å². The van der Waals surface area contributed by atoms with Gasteiger partial charge < -0.3 is 4.74 Å². The molecular formula is C19H16BrNO2S2. The summed E-state index contributed by atoms with van der Waals surface area (Å²) in [5.41, 5.74) is 2.06. The van der Waals surface area contributed by atoms with E-state index < -0.39 is 0 Å². The van der Waals surface area contributed by atoms with Gasteiger partial charge in [0.15, 0.2) is 0 Å². The molecule has 0 saturated carbocycles. The fourth-order valence-corrected chi connectivity index (χ4v) is 3.98. The van der Waals surface area contributed by atoms with Crippen LogP contribution in [-0.4, -0.2) is 21.7 Å². The number of likely N-dealkylation sites (N-methyl/N-ethyl adjacent to an activating group) is 1. The Morgan fingerprint density at radius 3 is 2.44 bits per heavy atom. The zero-order chi connectivity index (χ0) is 17.8. The maximum absolute atomic E-state index is 12.2. The largest absolute Gasteiger partial charge is 0.489 e. The molecule has 1 heterocycles. The number of benzene rings is 2. The number of amides is 1. The molecule has 2 aromatic carbocycles. The maximum atomic E-state index is 12.2. The zero-order valence-electron chi connectivity index (χ0n) is 13.6. The van der Waals surface area contributed by atoms with Gasteiger partial charge in [-0.15, -0.1) is 0 Å². The summed E-state index contributed by atoms with van der Waals surface area (Å²) in [6.07, 6.45) is 1.87. The van der Waals surface area contributed by atoms with Crippen LogP contribution < -0.4 is 4.74 Å². The predicted molar refractivity (Wildman–Crippen MR) is 110 cm³/mol. The highest BCUT2D eigenvalue weighted by atomic mass is 79.9. The van der Waals surface area contributed by atoms with Crippen molar-refractivity contribution in [1.82, 2.24) is 4.90 Å². The van der Waals surface area contributed by atoms with E-state index in [0.717, 1.165) is 21.3 Å². The van der Waals surface area contributed by atoms with Gasteiger partial charge in [0.1, 0.15) is 16.7 Å². The van der Waals surface area contributed by atoms with Crippen LogP contribution in [0.3, 0.4) is 0 Å². The van der Waals surface area contributed by atoms with Crippen LogP contribution in [0.4, 0.5) is 0 Å². The van der Waals surface area contributed by atoms with Gasteiger partial charge in [0.2, 0.25) is 0 Å². The molecule has 0 N–H and O–H groups in total. The normalized spacial score (nSPS) is 15.9. The van der Waals surface area contributed by atoms with Gasteiger partial charge in [-0.1, -0.05) is 64.2 Å². The lowest BCUT2D eigenvalue weighted by molar-refractivity contribution is -0.121. The molecule has 0 atom stereocenters. The van der Waals surface area contributed by atoms with Gasteiger partial charge in [0.25, 0.3) is 5.91 Å². The summed E-state index contributed by atoms with van der Waals surface area (Å²) < 4.78 is 7.46.